The summed E-state index contributed by atoms with van der Waals surface area (Å²) in [7, 11) is 0. The molecule has 0 radical (unpaired) electrons. The van der Waals surface area contributed by atoms with Crippen molar-refractivity contribution in [3.8, 4) is 0 Å². The third-order valence-corrected chi connectivity index (χ3v) is 1.48. The van der Waals surface area contributed by atoms with E-state index in [0.29, 0.717) is 6.29 Å². The summed E-state index contributed by atoms with van der Waals surface area (Å²) in [6, 6.07) is 0. The fourth-order valence-electron chi connectivity index (χ4n) is 0.817. The van der Waals surface area contributed by atoms with Crippen molar-refractivity contribution >= 4 is 18.2 Å². The normalized spacial score (nSPS) is 10.9. The fourth-order valence-corrected chi connectivity index (χ4v) is 0.817. The average Bonchev–Trinajstić information content (AvgIpc) is 2.09. The maximum atomic E-state index is 12.0. The number of halogens is 3. The minimum atomic E-state index is -5.06. The second-order valence-electron chi connectivity index (χ2n) is 2.65. The van der Waals surface area contributed by atoms with Crippen LogP contribution >= 0.6 is 0 Å². The molecule has 15 heavy (non-hydrogen) atoms. The highest BCUT2D eigenvalue weighted by Gasteiger charge is 2.43. The Bertz CT molecular complexity index is 265. The number of aldehydes is 1. The lowest BCUT2D eigenvalue weighted by molar-refractivity contribution is -0.181. The Kier molecular flexibility index (Phi) is 4.75. The number of guanidine groups is 1. The van der Waals surface area contributed by atoms with Crippen molar-refractivity contribution in [2.75, 3.05) is 6.54 Å². The third-order valence-electron chi connectivity index (χ3n) is 1.48. The molecule has 1 amide bonds. The average molecular weight is 225 g/mol. The molecule has 0 bridgehead atoms. The van der Waals surface area contributed by atoms with Crippen LogP contribution in [0.2, 0.25) is 0 Å². The van der Waals surface area contributed by atoms with E-state index in [-0.39, 0.29) is 17.7 Å². The van der Waals surface area contributed by atoms with Crippen LogP contribution in [0.1, 0.15) is 12.8 Å². The number of rotatable bonds is 4. The summed E-state index contributed by atoms with van der Waals surface area (Å²) in [5.41, 5.74) is 4.82. The summed E-state index contributed by atoms with van der Waals surface area (Å²) >= 11 is 0. The summed E-state index contributed by atoms with van der Waals surface area (Å²) in [6.45, 7) is -0.396. The summed E-state index contributed by atoms with van der Waals surface area (Å²) < 4.78 is 35.9. The van der Waals surface area contributed by atoms with Gasteiger partial charge in [0.1, 0.15) is 6.29 Å². The van der Waals surface area contributed by atoms with Gasteiger partial charge in [0.05, 0.1) is 0 Å². The van der Waals surface area contributed by atoms with E-state index in [1.165, 1.54) is 0 Å². The molecular weight excluding hydrogens is 215 g/mol. The topological polar surface area (TPSA) is 87.2 Å². The Hall–Kier alpha value is -1.60. The van der Waals surface area contributed by atoms with Gasteiger partial charge in [-0.1, -0.05) is 0 Å². The van der Waals surface area contributed by atoms with Gasteiger partial charge in [-0.2, -0.15) is 13.2 Å². The standard InChI is InChI=1S/C7H10F3N3O2/c8-7(9,10)5(15)13(6(11)12)3-1-2-4-14/h4H,1-3H2,(H3,11,12). The monoisotopic (exact) mass is 225 g/mol. The highest BCUT2D eigenvalue weighted by Crippen LogP contribution is 2.18. The molecule has 0 saturated heterocycles. The van der Waals surface area contributed by atoms with Crippen molar-refractivity contribution in [2.45, 2.75) is 19.0 Å². The first-order chi connectivity index (χ1) is 6.80. The molecule has 0 aliphatic carbocycles. The number of amides is 1. The zero-order valence-electron chi connectivity index (χ0n) is 7.67. The molecule has 0 aromatic rings. The second kappa shape index (κ2) is 5.32. The molecule has 0 unspecified atom stereocenters. The molecule has 5 nitrogen and oxygen atoms in total. The second-order valence-corrected chi connectivity index (χ2v) is 2.65. The molecule has 0 aliphatic heterocycles. The maximum Gasteiger partial charge on any atom is 0.471 e. The van der Waals surface area contributed by atoms with E-state index < -0.39 is 24.6 Å². The highest BCUT2D eigenvalue weighted by molar-refractivity contribution is 5.97. The summed E-state index contributed by atoms with van der Waals surface area (Å²) in [5, 5.41) is 6.79. The van der Waals surface area contributed by atoms with Crippen molar-refractivity contribution in [3.63, 3.8) is 0 Å². The maximum absolute atomic E-state index is 12.0. The largest absolute Gasteiger partial charge is 0.471 e. The first-order valence-electron chi connectivity index (χ1n) is 3.97. The highest BCUT2D eigenvalue weighted by atomic mass is 19.4. The van der Waals surface area contributed by atoms with E-state index in [9.17, 15) is 22.8 Å². The predicted molar refractivity (Wildman–Crippen MR) is 45.0 cm³/mol. The van der Waals surface area contributed by atoms with Gasteiger partial charge in [-0.15, -0.1) is 0 Å². The molecule has 0 aliphatic rings. The van der Waals surface area contributed by atoms with Gasteiger partial charge >= 0.3 is 12.1 Å². The van der Waals surface area contributed by atoms with Gasteiger partial charge in [0.2, 0.25) is 0 Å². The number of hydrogen-bond donors (Lipinski definition) is 2. The zero-order valence-corrected chi connectivity index (χ0v) is 7.67. The number of hydrogen-bond acceptors (Lipinski definition) is 3. The number of carbonyl (C=O) groups is 2. The van der Waals surface area contributed by atoms with E-state index in [2.05, 4.69) is 0 Å². The number of unbranched alkanes of at least 4 members (excludes halogenated alkanes) is 1. The lowest BCUT2D eigenvalue weighted by atomic mass is 10.3. The van der Waals surface area contributed by atoms with Crippen LogP contribution in [-0.4, -0.2) is 35.8 Å². The van der Waals surface area contributed by atoms with E-state index in [1.54, 1.807) is 0 Å². The van der Waals surface area contributed by atoms with Crippen LogP contribution in [0.25, 0.3) is 0 Å². The van der Waals surface area contributed by atoms with E-state index in [4.69, 9.17) is 11.1 Å². The molecule has 0 aromatic carbocycles. The number of nitrogens with two attached hydrogens (primary N) is 1. The van der Waals surface area contributed by atoms with Crippen LogP contribution in [0.3, 0.4) is 0 Å². The van der Waals surface area contributed by atoms with Gasteiger partial charge < -0.3 is 10.5 Å². The number of carbonyl (C=O) groups excluding carboxylic acids is 2. The lowest BCUT2D eigenvalue weighted by Gasteiger charge is -2.21. The first-order valence-corrected chi connectivity index (χ1v) is 3.97. The summed E-state index contributed by atoms with van der Waals surface area (Å²) in [4.78, 5) is 20.7. The quantitative estimate of drug-likeness (QED) is 0.311. The number of nitrogens with zero attached hydrogens (tertiary/aromatic N) is 1. The Morgan fingerprint density at radius 1 is 1.47 bits per heavy atom. The van der Waals surface area contributed by atoms with Gasteiger partial charge in [0, 0.05) is 13.0 Å². The van der Waals surface area contributed by atoms with Gasteiger partial charge in [0.25, 0.3) is 0 Å². The van der Waals surface area contributed by atoms with Crippen LogP contribution in [0, 0.1) is 5.41 Å². The van der Waals surface area contributed by atoms with E-state index in [0.717, 1.165) is 0 Å². The number of nitrogens with one attached hydrogen (secondary N) is 1. The Labute approximate surface area is 83.5 Å². The summed E-state index contributed by atoms with van der Waals surface area (Å²) in [6.07, 6.45) is -4.51. The predicted octanol–water partition coefficient (Wildman–Crippen LogP) is 0.250. The van der Waals surface area contributed by atoms with Gasteiger partial charge in [-0.3, -0.25) is 15.1 Å². The smallest absolute Gasteiger partial charge is 0.370 e. The first kappa shape index (κ1) is 13.4. The molecule has 8 heteroatoms. The van der Waals surface area contributed by atoms with Crippen LogP contribution in [0.5, 0.6) is 0 Å². The molecule has 0 fully saturated rings. The van der Waals surface area contributed by atoms with Crippen LogP contribution in [0.4, 0.5) is 13.2 Å². The van der Waals surface area contributed by atoms with Gasteiger partial charge in [0.15, 0.2) is 5.96 Å². The zero-order chi connectivity index (χ0) is 12.1. The van der Waals surface area contributed by atoms with Crippen LogP contribution in [0.15, 0.2) is 0 Å². The molecule has 86 valence electrons. The third kappa shape index (κ3) is 4.43. The van der Waals surface area contributed by atoms with Crippen LogP contribution < -0.4 is 5.73 Å². The molecular formula is C7H10F3N3O2. The van der Waals surface area contributed by atoms with Crippen molar-refractivity contribution in [2.24, 2.45) is 5.73 Å². The van der Waals surface area contributed by atoms with Crippen molar-refractivity contribution in [1.29, 1.82) is 5.41 Å². The summed E-state index contributed by atoms with van der Waals surface area (Å²) in [5.74, 6) is -3.18. The Morgan fingerprint density at radius 3 is 2.33 bits per heavy atom. The van der Waals surface area contributed by atoms with Crippen molar-refractivity contribution in [3.05, 3.63) is 0 Å². The molecule has 0 heterocycles. The van der Waals surface area contributed by atoms with Gasteiger partial charge in [-0.05, 0) is 6.42 Å². The van der Waals surface area contributed by atoms with E-state index >= 15 is 0 Å². The molecule has 0 aromatic heterocycles. The molecule has 0 saturated carbocycles. The molecule has 0 rings (SSSR count). The Balaban J connectivity index is 4.47. The Morgan fingerprint density at radius 2 is 2.00 bits per heavy atom. The SMILES string of the molecule is N=C(N)N(CCCC=O)C(=O)C(F)(F)F. The minimum Gasteiger partial charge on any atom is -0.370 e. The fraction of sp³-hybridized carbons (Fsp3) is 0.571. The van der Waals surface area contributed by atoms with Crippen LogP contribution in [-0.2, 0) is 9.59 Å². The van der Waals surface area contributed by atoms with E-state index in [1.807, 2.05) is 0 Å². The lowest BCUT2D eigenvalue weighted by Crippen LogP contribution is -2.48. The minimum absolute atomic E-state index is 0.00885. The number of alkyl halides is 3. The van der Waals surface area contributed by atoms with Gasteiger partial charge in [-0.25, -0.2) is 0 Å². The van der Waals surface area contributed by atoms with Crippen molar-refractivity contribution < 1.29 is 22.8 Å². The molecule has 3 N–H and O–H groups in total. The molecule has 0 spiro atoms. The molecule has 0 atom stereocenters. The van der Waals surface area contributed by atoms with Crippen molar-refractivity contribution in [1.82, 2.24) is 4.90 Å².